The van der Waals surface area contributed by atoms with Gasteiger partial charge in [-0.3, -0.25) is 10.8 Å². The van der Waals surface area contributed by atoms with E-state index < -0.39 is 0 Å². The number of nitrogens with two attached hydrogens (primary N) is 1. The summed E-state index contributed by atoms with van der Waals surface area (Å²) < 4.78 is 0. The van der Waals surface area contributed by atoms with Gasteiger partial charge in [-0.25, -0.2) is 0 Å². The van der Waals surface area contributed by atoms with Gasteiger partial charge in [-0.2, -0.15) is 5.10 Å². The molecule has 5 heteroatoms. The third kappa shape index (κ3) is 5.16. The van der Waals surface area contributed by atoms with Crippen molar-refractivity contribution in [2.24, 2.45) is 10.8 Å². The second kappa shape index (κ2) is 4.20. The lowest BCUT2D eigenvalue weighted by atomic mass is 10.7. The topological polar surface area (TPSA) is 74.3 Å². The Morgan fingerprint density at radius 1 is 1.78 bits per heavy atom. The van der Waals surface area contributed by atoms with Gasteiger partial charge in [0, 0.05) is 0 Å². The average Bonchev–Trinajstić information content (AvgIpc) is 1.83. The first-order chi connectivity index (χ1) is 4.16. The van der Waals surface area contributed by atoms with Crippen LogP contribution in [0, 0.1) is 5.41 Å². The summed E-state index contributed by atoms with van der Waals surface area (Å²) in [4.78, 5) is 0. The molecule has 0 unspecified atom stereocenters. The third-order valence-electron chi connectivity index (χ3n) is 0.538. The molecule has 0 aromatic rings. The summed E-state index contributed by atoms with van der Waals surface area (Å²) in [6.45, 7) is 1.65. The second-order valence-electron chi connectivity index (χ2n) is 1.40. The summed E-state index contributed by atoms with van der Waals surface area (Å²) in [6, 6.07) is 0. The fraction of sp³-hybridized carbons (Fsp3) is 0.500. The van der Waals surface area contributed by atoms with Gasteiger partial charge in [0.1, 0.15) is 5.84 Å². The van der Waals surface area contributed by atoms with Crippen molar-refractivity contribution in [3.8, 4) is 0 Å². The van der Waals surface area contributed by atoms with Crippen LogP contribution in [0.4, 0.5) is 0 Å². The van der Waals surface area contributed by atoms with E-state index in [1.165, 1.54) is 11.8 Å². The Kier molecular flexibility index (Phi) is 3.87. The van der Waals surface area contributed by atoms with Crippen LogP contribution in [0.25, 0.3) is 0 Å². The van der Waals surface area contributed by atoms with E-state index in [0.717, 1.165) is 0 Å². The normalized spacial score (nSPS) is 11.1. The van der Waals surface area contributed by atoms with E-state index >= 15 is 0 Å². The highest BCUT2D eigenvalue weighted by Crippen LogP contribution is 1.88. The molecule has 52 valence electrons. The van der Waals surface area contributed by atoms with Crippen molar-refractivity contribution in [2.45, 2.75) is 6.92 Å². The average molecular weight is 146 g/mol. The van der Waals surface area contributed by atoms with Gasteiger partial charge in [0.15, 0.2) is 5.17 Å². The highest BCUT2D eigenvalue weighted by atomic mass is 32.2. The minimum Gasteiger partial charge on any atom is -0.386 e. The van der Waals surface area contributed by atoms with Crippen molar-refractivity contribution in [2.75, 3.05) is 6.26 Å². The predicted octanol–water partition coefficient (Wildman–Crippen LogP) is 0.166. The largest absolute Gasteiger partial charge is 0.386 e. The molecule has 4 nitrogen and oxygen atoms in total. The van der Waals surface area contributed by atoms with Crippen LogP contribution < -0.4 is 11.2 Å². The highest BCUT2D eigenvalue weighted by molar-refractivity contribution is 8.13. The van der Waals surface area contributed by atoms with Crippen LogP contribution in [0.1, 0.15) is 6.92 Å². The molecule has 0 bridgehead atoms. The summed E-state index contributed by atoms with van der Waals surface area (Å²) in [6.07, 6.45) is 1.79. The summed E-state index contributed by atoms with van der Waals surface area (Å²) in [5.74, 6) is 0.425. The third-order valence-corrected chi connectivity index (χ3v) is 1.04. The minimum atomic E-state index is 0.291. The number of thioether (sulfide) groups is 1. The summed E-state index contributed by atoms with van der Waals surface area (Å²) in [5, 5.41) is 10.9. The van der Waals surface area contributed by atoms with Crippen molar-refractivity contribution in [1.29, 1.82) is 5.41 Å². The number of hydrazone groups is 1. The standard InChI is InChI=1S/C4H10N4S/c1-3(5)7-8-4(6)9-2/h1-2H3,(H2,5,7)(H2,6,8). The van der Waals surface area contributed by atoms with Crippen molar-refractivity contribution in [3.05, 3.63) is 0 Å². The molecular weight excluding hydrogens is 136 g/mol. The van der Waals surface area contributed by atoms with E-state index in [1.54, 1.807) is 13.2 Å². The first-order valence-electron chi connectivity index (χ1n) is 2.35. The molecule has 0 fully saturated rings. The molecular formula is C4H10N4S. The quantitative estimate of drug-likeness (QED) is 0.280. The summed E-state index contributed by atoms with van der Waals surface area (Å²) in [5.41, 5.74) is 7.62. The van der Waals surface area contributed by atoms with Crippen LogP contribution in [-0.2, 0) is 0 Å². The molecule has 0 aliphatic rings. The molecule has 9 heavy (non-hydrogen) atoms. The molecule has 0 atom stereocenters. The van der Waals surface area contributed by atoms with E-state index in [4.69, 9.17) is 11.1 Å². The Bertz CT molecular complexity index is 127. The van der Waals surface area contributed by atoms with Gasteiger partial charge < -0.3 is 5.73 Å². The molecule has 0 spiro atoms. The fourth-order valence-corrected chi connectivity index (χ4v) is 0.322. The molecule has 0 aliphatic heterocycles. The monoisotopic (exact) mass is 146 g/mol. The zero-order valence-electron chi connectivity index (χ0n) is 5.43. The molecule has 0 saturated heterocycles. The van der Waals surface area contributed by atoms with Crippen molar-refractivity contribution in [3.63, 3.8) is 0 Å². The molecule has 0 radical (unpaired) electrons. The number of nitrogens with zero attached hydrogens (tertiary/aromatic N) is 1. The first kappa shape index (κ1) is 8.29. The molecule has 0 amide bonds. The fourth-order valence-electron chi connectivity index (χ4n) is 0.185. The van der Waals surface area contributed by atoms with Crippen LogP contribution in [-0.4, -0.2) is 17.3 Å². The molecule has 0 rings (SSSR count). The van der Waals surface area contributed by atoms with Gasteiger partial charge >= 0.3 is 0 Å². The maximum Gasteiger partial charge on any atom is 0.174 e. The SMILES string of the molecule is CSC(=N)NN=C(C)N. The molecule has 0 heterocycles. The van der Waals surface area contributed by atoms with E-state index in [9.17, 15) is 0 Å². The van der Waals surface area contributed by atoms with Gasteiger partial charge in [-0.15, -0.1) is 0 Å². The van der Waals surface area contributed by atoms with Crippen LogP contribution in [0.5, 0.6) is 0 Å². The van der Waals surface area contributed by atoms with Gasteiger partial charge in [0.25, 0.3) is 0 Å². The maximum atomic E-state index is 7.02. The molecule has 0 aromatic carbocycles. The number of amidine groups is 2. The Balaban J connectivity index is 3.50. The van der Waals surface area contributed by atoms with Gasteiger partial charge in [-0.1, -0.05) is 11.8 Å². The van der Waals surface area contributed by atoms with Crippen LogP contribution in [0.15, 0.2) is 5.10 Å². The minimum absolute atomic E-state index is 0.291. The van der Waals surface area contributed by atoms with Crippen molar-refractivity contribution < 1.29 is 0 Å². The smallest absolute Gasteiger partial charge is 0.174 e. The van der Waals surface area contributed by atoms with Crippen molar-refractivity contribution in [1.82, 2.24) is 5.43 Å². The summed E-state index contributed by atoms with van der Waals surface area (Å²) in [7, 11) is 0. The van der Waals surface area contributed by atoms with Crippen molar-refractivity contribution >= 4 is 22.8 Å². The molecule has 0 aliphatic carbocycles. The molecule has 4 N–H and O–H groups in total. The van der Waals surface area contributed by atoms with E-state index in [0.29, 0.717) is 11.0 Å². The number of rotatable bonds is 1. The Labute approximate surface area is 58.4 Å². The predicted molar refractivity (Wildman–Crippen MR) is 41.7 cm³/mol. The lowest BCUT2D eigenvalue weighted by Crippen LogP contribution is -2.17. The Morgan fingerprint density at radius 2 is 2.33 bits per heavy atom. The lowest BCUT2D eigenvalue weighted by molar-refractivity contribution is 1.02. The lowest BCUT2D eigenvalue weighted by Gasteiger charge is -1.96. The van der Waals surface area contributed by atoms with Crippen LogP contribution >= 0.6 is 11.8 Å². The summed E-state index contributed by atoms with van der Waals surface area (Å²) >= 11 is 1.28. The number of nitrogens with one attached hydrogen (secondary N) is 2. The van der Waals surface area contributed by atoms with Gasteiger partial charge in [0.05, 0.1) is 0 Å². The van der Waals surface area contributed by atoms with Gasteiger partial charge in [-0.05, 0) is 13.2 Å². The molecule has 0 saturated carbocycles. The van der Waals surface area contributed by atoms with E-state index in [-0.39, 0.29) is 0 Å². The Hall–Kier alpha value is -0.710. The van der Waals surface area contributed by atoms with Crippen LogP contribution in [0.2, 0.25) is 0 Å². The second-order valence-corrected chi connectivity index (χ2v) is 2.21. The zero-order chi connectivity index (χ0) is 7.28. The highest BCUT2D eigenvalue weighted by Gasteiger charge is 1.86. The zero-order valence-corrected chi connectivity index (χ0v) is 6.25. The Morgan fingerprint density at radius 3 is 2.67 bits per heavy atom. The first-order valence-corrected chi connectivity index (χ1v) is 3.57. The number of hydrogen-bond donors (Lipinski definition) is 3. The van der Waals surface area contributed by atoms with Gasteiger partial charge in [0.2, 0.25) is 0 Å². The molecule has 0 aromatic heterocycles. The van der Waals surface area contributed by atoms with Crippen LogP contribution in [0.3, 0.4) is 0 Å². The maximum absolute atomic E-state index is 7.02. The van der Waals surface area contributed by atoms with E-state index in [2.05, 4.69) is 10.5 Å². The number of hydrogen-bond acceptors (Lipinski definition) is 3. The van der Waals surface area contributed by atoms with E-state index in [1.807, 2.05) is 0 Å².